The van der Waals surface area contributed by atoms with Crippen LogP contribution in [-0.2, 0) is 20.4 Å². The van der Waals surface area contributed by atoms with Crippen molar-refractivity contribution in [2.45, 2.75) is 0 Å². The first-order valence-corrected chi connectivity index (χ1v) is 0.565. The summed E-state index contributed by atoms with van der Waals surface area (Å²) in [6.45, 7) is 0. The molecule has 0 atom stereocenters. The Hall–Kier alpha value is -0.298. The maximum Gasteiger partial charge on any atom is 0.291 e. The summed E-state index contributed by atoms with van der Waals surface area (Å²) in [4.78, 5) is 8.36. The first-order chi connectivity index (χ1) is 1.73. The van der Waals surface area contributed by atoms with Crippen LogP contribution in [0.1, 0.15) is 0 Å². The van der Waals surface area contributed by atoms with Gasteiger partial charge in [-0.15, -0.1) is 10.1 Å². The van der Waals surface area contributed by atoms with Gasteiger partial charge in [-0.2, -0.15) is 0 Å². The van der Waals surface area contributed by atoms with Crippen LogP contribution < -0.4 is 24.6 Å². The van der Waals surface area contributed by atoms with Gasteiger partial charge in [0.25, 0.3) is 5.09 Å². The molecule has 0 amide bonds. The van der Waals surface area contributed by atoms with E-state index in [2.05, 4.69) is 0 Å². The zero-order chi connectivity index (χ0) is 3.58. The van der Waals surface area contributed by atoms with Crippen LogP contribution in [0.4, 0.5) is 0 Å². The monoisotopic (exact) mass is 237 g/mol. The molecule has 0 aromatic rings. The molecule has 0 unspecified atom stereocenters. The van der Waals surface area contributed by atoms with E-state index in [9.17, 15) is 0 Å². The van der Waals surface area contributed by atoms with Crippen molar-refractivity contribution in [2.24, 2.45) is 0 Å². The number of hydrogen-bond donors (Lipinski definition) is 5. The van der Waals surface area contributed by atoms with Crippen molar-refractivity contribution in [1.82, 2.24) is 24.6 Å². The summed E-state index contributed by atoms with van der Waals surface area (Å²) < 4.78 is 0. The second kappa shape index (κ2) is 47.4. The zero-order valence-corrected chi connectivity index (χ0v) is 6.41. The molecule has 0 radical (unpaired) electrons. The van der Waals surface area contributed by atoms with Crippen LogP contribution in [0.2, 0.25) is 0 Å². The van der Waals surface area contributed by atoms with Crippen LogP contribution in [0.3, 0.4) is 0 Å². The maximum absolute atomic E-state index is 8.36. The molecule has 66 valence electrons. The van der Waals surface area contributed by atoms with E-state index in [4.69, 9.17) is 15.3 Å². The van der Waals surface area contributed by atoms with Crippen molar-refractivity contribution >= 4 is 0 Å². The van der Waals surface area contributed by atoms with Gasteiger partial charge in [-0.25, -0.2) is 0 Å². The minimum absolute atomic E-state index is 0. The fraction of sp³-hybridized carbons (Fsp3) is 0. The number of rotatable bonds is 0. The SMILES string of the molecule is N.N.N.N.O=[N+]([O-])O.[Pd]. The number of nitrogens with zero attached hydrogens (tertiary/aromatic N) is 1. The van der Waals surface area contributed by atoms with Crippen molar-refractivity contribution in [3.05, 3.63) is 10.1 Å². The largest absolute Gasteiger partial charge is 0.344 e. The Morgan fingerprint density at radius 1 is 1.11 bits per heavy atom. The molecule has 0 aliphatic rings. The van der Waals surface area contributed by atoms with Crippen LogP contribution >= 0.6 is 0 Å². The smallest absolute Gasteiger partial charge is 0.291 e. The fourth-order valence-corrected chi connectivity index (χ4v) is 0. The summed E-state index contributed by atoms with van der Waals surface area (Å²) in [5.74, 6) is 0. The fourth-order valence-electron chi connectivity index (χ4n) is 0. The van der Waals surface area contributed by atoms with E-state index in [0.717, 1.165) is 0 Å². The number of hydrogen-bond acceptors (Lipinski definition) is 6. The van der Waals surface area contributed by atoms with Gasteiger partial charge in [-0.1, -0.05) is 0 Å². The molecule has 9 heavy (non-hydrogen) atoms. The summed E-state index contributed by atoms with van der Waals surface area (Å²) in [6, 6.07) is 0. The molecule has 0 aliphatic heterocycles. The molecule has 0 heterocycles. The Balaban J connectivity index is -0.00000000450. The molecule has 0 bridgehead atoms. The summed E-state index contributed by atoms with van der Waals surface area (Å²) in [6.07, 6.45) is 0. The first-order valence-electron chi connectivity index (χ1n) is 0.565. The van der Waals surface area contributed by atoms with Gasteiger partial charge in [0.05, 0.1) is 0 Å². The van der Waals surface area contributed by atoms with Crippen LogP contribution in [0.25, 0.3) is 0 Å². The molecule has 0 aromatic carbocycles. The molecule has 0 saturated heterocycles. The van der Waals surface area contributed by atoms with Gasteiger partial charge in [-0.05, 0) is 0 Å². The van der Waals surface area contributed by atoms with Gasteiger partial charge in [-0.3, -0.25) is 0 Å². The average Bonchev–Trinajstić information content (AvgIpc) is 0.811. The standard InChI is InChI=1S/HNO3.4H3N.Pd/c2-1(3)4;;;;;/h(H,2,3,4);4*1H3;. The van der Waals surface area contributed by atoms with Gasteiger partial charge in [0.15, 0.2) is 0 Å². The van der Waals surface area contributed by atoms with Crippen molar-refractivity contribution < 1.29 is 30.7 Å². The molecule has 0 aliphatic carbocycles. The third-order valence-corrected chi connectivity index (χ3v) is 0. The third-order valence-electron chi connectivity index (χ3n) is 0. The van der Waals surface area contributed by atoms with E-state index in [0.29, 0.717) is 0 Å². The van der Waals surface area contributed by atoms with E-state index < -0.39 is 5.09 Å². The molecule has 0 saturated carbocycles. The second-order valence-corrected chi connectivity index (χ2v) is 0.238. The first kappa shape index (κ1) is 70.7. The molecule has 8 nitrogen and oxygen atoms in total. The predicted octanol–water partition coefficient (Wildman–Crippen LogP) is 0.298. The second-order valence-electron chi connectivity index (χ2n) is 0.238. The van der Waals surface area contributed by atoms with E-state index in [-0.39, 0.29) is 45.0 Å². The van der Waals surface area contributed by atoms with Gasteiger partial charge in [0.2, 0.25) is 0 Å². The quantitative estimate of drug-likeness (QED) is 0.226. The van der Waals surface area contributed by atoms with Gasteiger partial charge in [0.1, 0.15) is 0 Å². The van der Waals surface area contributed by atoms with Gasteiger partial charge in [0, 0.05) is 20.4 Å². The molecule has 9 heteroatoms. The van der Waals surface area contributed by atoms with E-state index >= 15 is 0 Å². The molecular weight excluding hydrogens is 224 g/mol. The molecule has 13 N–H and O–H groups in total. The van der Waals surface area contributed by atoms with Gasteiger partial charge < -0.3 is 29.8 Å². The molecular formula is H13N5O3Pd. The summed E-state index contributed by atoms with van der Waals surface area (Å²) in [5, 5.41) is 13.6. The van der Waals surface area contributed by atoms with Gasteiger partial charge >= 0.3 is 0 Å². The predicted molar refractivity (Wildman–Crippen MR) is 28.9 cm³/mol. The van der Waals surface area contributed by atoms with Crippen molar-refractivity contribution in [2.75, 3.05) is 0 Å². The summed E-state index contributed by atoms with van der Waals surface area (Å²) in [5.41, 5.74) is 0. The topological polar surface area (TPSA) is 203 Å². The molecule has 0 aromatic heterocycles. The van der Waals surface area contributed by atoms with Crippen LogP contribution in [-0.4, -0.2) is 10.3 Å². The van der Waals surface area contributed by atoms with E-state index in [1.165, 1.54) is 0 Å². The Labute approximate surface area is 66.1 Å². The zero-order valence-electron chi connectivity index (χ0n) is 4.86. The van der Waals surface area contributed by atoms with Crippen LogP contribution in [0, 0.1) is 10.1 Å². The minimum Gasteiger partial charge on any atom is -0.344 e. The Kier molecular flexibility index (Phi) is 372. The van der Waals surface area contributed by atoms with E-state index in [1.807, 2.05) is 0 Å². The Morgan fingerprint density at radius 2 is 1.11 bits per heavy atom. The summed E-state index contributed by atoms with van der Waals surface area (Å²) in [7, 11) is 0. The van der Waals surface area contributed by atoms with Crippen molar-refractivity contribution in [3.8, 4) is 0 Å². The van der Waals surface area contributed by atoms with E-state index in [1.54, 1.807) is 0 Å². The molecule has 0 rings (SSSR count). The summed E-state index contributed by atoms with van der Waals surface area (Å²) >= 11 is 0. The van der Waals surface area contributed by atoms with Crippen LogP contribution in [0.15, 0.2) is 0 Å². The third kappa shape index (κ3) is 2830. The Morgan fingerprint density at radius 3 is 1.11 bits per heavy atom. The Bertz CT molecular complexity index is 35.2. The van der Waals surface area contributed by atoms with Crippen molar-refractivity contribution in [1.29, 1.82) is 0 Å². The molecule has 0 fully saturated rings. The van der Waals surface area contributed by atoms with Crippen LogP contribution in [0.5, 0.6) is 0 Å². The normalized spacial score (nSPS) is 2.67. The molecule has 0 spiro atoms. The average molecular weight is 238 g/mol. The van der Waals surface area contributed by atoms with Crippen molar-refractivity contribution in [3.63, 3.8) is 0 Å². The minimum atomic E-state index is -1.50. The maximum atomic E-state index is 8.36.